The largest absolute Gasteiger partial charge is 0.493 e. The number of methoxy groups -OCH3 is 3. The summed E-state index contributed by atoms with van der Waals surface area (Å²) in [6.45, 7) is 0. The molecule has 1 atom stereocenters. The fraction of sp³-hybridized carbons (Fsp3) is 0.227. The van der Waals surface area contributed by atoms with Crippen LogP contribution in [0.1, 0.15) is 23.5 Å². The van der Waals surface area contributed by atoms with Gasteiger partial charge in [-0.3, -0.25) is 4.79 Å². The number of nitrogens with one attached hydrogen (secondary N) is 1. The zero-order valence-corrected chi connectivity index (χ0v) is 15.5. The molecule has 1 amide bonds. The molecule has 138 valence electrons. The van der Waals surface area contributed by atoms with Crippen LogP contribution in [0.15, 0.2) is 48.5 Å². The molecule has 0 aliphatic carbocycles. The van der Waals surface area contributed by atoms with Crippen molar-refractivity contribution in [1.82, 2.24) is 0 Å². The standard InChI is InChI=1S/C22H21NO4/c1-25-18-10-14(11-19(26-2)22(18)27-3)17-12-20(24)23-21-15-7-5-4-6-13(15)8-9-16(17)21/h4-11,17H,12H2,1-3H3,(H,23,24)/t17-/m1/s1. The predicted molar refractivity (Wildman–Crippen MR) is 105 cm³/mol. The van der Waals surface area contributed by atoms with Gasteiger partial charge in [-0.05, 0) is 28.6 Å². The SMILES string of the molecule is COc1cc([C@H]2CC(=O)Nc3c2ccc2ccccc32)cc(OC)c1OC. The minimum Gasteiger partial charge on any atom is -0.493 e. The zero-order valence-electron chi connectivity index (χ0n) is 15.5. The Labute approximate surface area is 157 Å². The molecule has 5 heteroatoms. The van der Waals surface area contributed by atoms with Gasteiger partial charge >= 0.3 is 0 Å². The van der Waals surface area contributed by atoms with Crippen molar-refractivity contribution in [1.29, 1.82) is 0 Å². The molecule has 0 fully saturated rings. The second kappa shape index (κ2) is 6.83. The number of carbonyl (C=O) groups is 1. The van der Waals surface area contributed by atoms with Gasteiger partial charge in [0, 0.05) is 17.7 Å². The van der Waals surface area contributed by atoms with E-state index in [0.717, 1.165) is 27.6 Å². The summed E-state index contributed by atoms with van der Waals surface area (Å²) in [7, 11) is 4.77. The first kappa shape index (κ1) is 17.2. The van der Waals surface area contributed by atoms with Crippen LogP contribution in [0.4, 0.5) is 5.69 Å². The fourth-order valence-electron chi connectivity index (χ4n) is 3.80. The third kappa shape index (κ3) is 2.85. The highest BCUT2D eigenvalue weighted by atomic mass is 16.5. The van der Waals surface area contributed by atoms with Crippen molar-refractivity contribution in [3.8, 4) is 17.2 Å². The van der Waals surface area contributed by atoms with Crippen LogP contribution in [0.5, 0.6) is 17.2 Å². The number of rotatable bonds is 4. The Bertz CT molecular complexity index is 1000. The normalized spacial score (nSPS) is 15.8. The monoisotopic (exact) mass is 363 g/mol. The lowest BCUT2D eigenvalue weighted by molar-refractivity contribution is -0.116. The van der Waals surface area contributed by atoms with E-state index in [9.17, 15) is 4.79 Å². The smallest absolute Gasteiger partial charge is 0.225 e. The van der Waals surface area contributed by atoms with Crippen LogP contribution in [-0.4, -0.2) is 27.2 Å². The van der Waals surface area contributed by atoms with Gasteiger partial charge in [-0.2, -0.15) is 0 Å². The Hall–Kier alpha value is -3.21. The lowest BCUT2D eigenvalue weighted by Gasteiger charge is -2.28. The molecule has 0 spiro atoms. The molecule has 5 nitrogen and oxygen atoms in total. The molecule has 0 aromatic heterocycles. The van der Waals surface area contributed by atoms with E-state index in [1.807, 2.05) is 36.4 Å². The maximum Gasteiger partial charge on any atom is 0.225 e. The lowest BCUT2D eigenvalue weighted by atomic mass is 9.83. The van der Waals surface area contributed by atoms with E-state index >= 15 is 0 Å². The van der Waals surface area contributed by atoms with Gasteiger partial charge in [0.05, 0.1) is 27.0 Å². The summed E-state index contributed by atoms with van der Waals surface area (Å²) in [5.74, 6) is 1.62. The van der Waals surface area contributed by atoms with E-state index in [4.69, 9.17) is 14.2 Å². The highest BCUT2D eigenvalue weighted by Crippen LogP contribution is 2.45. The number of hydrogen-bond acceptors (Lipinski definition) is 4. The molecular formula is C22H21NO4. The molecule has 1 aliphatic rings. The van der Waals surface area contributed by atoms with Crippen molar-refractivity contribution in [3.63, 3.8) is 0 Å². The number of anilines is 1. The minimum absolute atomic E-state index is 0.00222. The fourth-order valence-corrected chi connectivity index (χ4v) is 3.80. The van der Waals surface area contributed by atoms with Gasteiger partial charge in [-0.15, -0.1) is 0 Å². The summed E-state index contributed by atoms with van der Waals surface area (Å²) in [5, 5.41) is 5.20. The van der Waals surface area contributed by atoms with Gasteiger partial charge in [0.25, 0.3) is 0 Å². The molecule has 3 aromatic carbocycles. The second-order valence-corrected chi connectivity index (χ2v) is 6.51. The number of benzene rings is 3. The minimum atomic E-state index is -0.0907. The van der Waals surface area contributed by atoms with Crippen molar-refractivity contribution in [2.75, 3.05) is 26.6 Å². The van der Waals surface area contributed by atoms with E-state index in [-0.39, 0.29) is 11.8 Å². The van der Waals surface area contributed by atoms with Crippen LogP contribution in [-0.2, 0) is 4.79 Å². The summed E-state index contributed by atoms with van der Waals surface area (Å²) in [6, 6.07) is 16.1. The number of ether oxygens (including phenoxy) is 3. The molecular weight excluding hydrogens is 342 g/mol. The van der Waals surface area contributed by atoms with Crippen molar-refractivity contribution < 1.29 is 19.0 Å². The van der Waals surface area contributed by atoms with Gasteiger partial charge < -0.3 is 19.5 Å². The lowest BCUT2D eigenvalue weighted by Crippen LogP contribution is -2.23. The Morgan fingerprint density at radius 3 is 2.30 bits per heavy atom. The van der Waals surface area contributed by atoms with E-state index in [1.54, 1.807) is 21.3 Å². The molecule has 1 heterocycles. The number of hydrogen-bond donors (Lipinski definition) is 1. The average molecular weight is 363 g/mol. The first-order chi connectivity index (χ1) is 13.2. The molecule has 0 radical (unpaired) electrons. The van der Waals surface area contributed by atoms with E-state index in [1.165, 1.54) is 0 Å². The molecule has 0 bridgehead atoms. The van der Waals surface area contributed by atoms with Crippen LogP contribution in [0, 0.1) is 0 Å². The van der Waals surface area contributed by atoms with Gasteiger partial charge in [-0.1, -0.05) is 36.4 Å². The van der Waals surface area contributed by atoms with Gasteiger partial charge in [0.1, 0.15) is 0 Å². The van der Waals surface area contributed by atoms with Gasteiger partial charge in [0.2, 0.25) is 11.7 Å². The first-order valence-corrected chi connectivity index (χ1v) is 8.77. The molecule has 27 heavy (non-hydrogen) atoms. The molecule has 1 N–H and O–H groups in total. The third-order valence-corrected chi connectivity index (χ3v) is 5.08. The average Bonchev–Trinajstić information content (AvgIpc) is 2.71. The Kier molecular flexibility index (Phi) is 4.36. The quantitative estimate of drug-likeness (QED) is 0.749. The topological polar surface area (TPSA) is 56.8 Å². The Balaban J connectivity index is 1.91. The Morgan fingerprint density at radius 2 is 1.63 bits per heavy atom. The molecule has 3 aromatic rings. The summed E-state index contributed by atoms with van der Waals surface area (Å²) in [4.78, 5) is 12.5. The number of carbonyl (C=O) groups excluding carboxylic acids is 1. The van der Waals surface area contributed by atoms with Crippen LogP contribution in [0.2, 0.25) is 0 Å². The van der Waals surface area contributed by atoms with Crippen LogP contribution in [0.3, 0.4) is 0 Å². The van der Waals surface area contributed by atoms with E-state index < -0.39 is 0 Å². The zero-order chi connectivity index (χ0) is 19.0. The first-order valence-electron chi connectivity index (χ1n) is 8.77. The molecule has 1 aliphatic heterocycles. The van der Waals surface area contributed by atoms with Crippen LogP contribution >= 0.6 is 0 Å². The summed E-state index contributed by atoms with van der Waals surface area (Å²) in [5.41, 5.74) is 2.92. The van der Waals surface area contributed by atoms with Crippen LogP contribution < -0.4 is 19.5 Å². The van der Waals surface area contributed by atoms with E-state index in [0.29, 0.717) is 23.7 Å². The van der Waals surface area contributed by atoms with Crippen molar-refractivity contribution in [2.45, 2.75) is 12.3 Å². The summed E-state index contributed by atoms with van der Waals surface area (Å²) in [6.07, 6.45) is 0.365. The second-order valence-electron chi connectivity index (χ2n) is 6.51. The number of fused-ring (bicyclic) bond motifs is 3. The van der Waals surface area contributed by atoms with Gasteiger partial charge in [-0.25, -0.2) is 0 Å². The van der Waals surface area contributed by atoms with Gasteiger partial charge in [0.15, 0.2) is 11.5 Å². The maximum atomic E-state index is 12.5. The van der Waals surface area contributed by atoms with Crippen molar-refractivity contribution >= 4 is 22.4 Å². The highest BCUT2D eigenvalue weighted by Gasteiger charge is 2.29. The summed E-state index contributed by atoms with van der Waals surface area (Å²) >= 11 is 0. The predicted octanol–water partition coefficient (Wildman–Crippen LogP) is 4.34. The van der Waals surface area contributed by atoms with Crippen LogP contribution in [0.25, 0.3) is 10.8 Å². The van der Waals surface area contributed by atoms with Crippen molar-refractivity contribution in [2.24, 2.45) is 0 Å². The number of amides is 1. The Morgan fingerprint density at radius 1 is 0.926 bits per heavy atom. The van der Waals surface area contributed by atoms with Crippen molar-refractivity contribution in [3.05, 3.63) is 59.7 Å². The highest BCUT2D eigenvalue weighted by molar-refractivity contribution is 6.06. The molecule has 0 unspecified atom stereocenters. The molecule has 0 saturated heterocycles. The molecule has 0 saturated carbocycles. The maximum absolute atomic E-state index is 12.5. The molecule has 4 rings (SSSR count). The summed E-state index contributed by atoms with van der Waals surface area (Å²) < 4.78 is 16.4. The third-order valence-electron chi connectivity index (χ3n) is 5.08. The van der Waals surface area contributed by atoms with E-state index in [2.05, 4.69) is 17.4 Å².